The van der Waals surface area contributed by atoms with Gasteiger partial charge in [-0.2, -0.15) is 0 Å². The van der Waals surface area contributed by atoms with Crippen LogP contribution < -0.4 is 9.64 Å². The highest BCUT2D eigenvalue weighted by Gasteiger charge is 2.26. The number of nitrogens with zero attached hydrogens (tertiary/aromatic N) is 5. The number of amides is 1. The number of carbonyl (C=O) groups is 1. The van der Waals surface area contributed by atoms with Crippen molar-refractivity contribution in [3.05, 3.63) is 103 Å². The van der Waals surface area contributed by atoms with Crippen LogP contribution in [0.15, 0.2) is 97.5 Å². The maximum absolute atomic E-state index is 13.0. The number of rotatable bonds is 5. The van der Waals surface area contributed by atoms with Gasteiger partial charge >= 0.3 is 0 Å². The molecule has 0 unspecified atom stereocenters. The highest BCUT2D eigenvalue weighted by molar-refractivity contribution is 6.02. The van der Waals surface area contributed by atoms with Crippen molar-refractivity contribution in [2.75, 3.05) is 38.2 Å². The first-order chi connectivity index (χ1) is 18.2. The lowest BCUT2D eigenvalue weighted by atomic mass is 10.1. The molecular weight excluding hydrogens is 462 g/mol. The van der Waals surface area contributed by atoms with Gasteiger partial charge in [0.15, 0.2) is 5.65 Å². The first kappa shape index (κ1) is 22.8. The number of benzene rings is 3. The predicted molar refractivity (Wildman–Crippen MR) is 145 cm³/mol. The van der Waals surface area contributed by atoms with Gasteiger partial charge in [0, 0.05) is 49.2 Å². The van der Waals surface area contributed by atoms with Crippen LogP contribution in [0.3, 0.4) is 0 Å². The molecule has 0 spiro atoms. The van der Waals surface area contributed by atoms with Gasteiger partial charge in [-0.25, -0.2) is 9.97 Å². The third kappa shape index (κ3) is 4.29. The van der Waals surface area contributed by atoms with E-state index in [1.165, 1.54) is 0 Å². The second kappa shape index (κ2) is 9.78. The number of piperazine rings is 1. The molecule has 1 aliphatic rings. The topological polar surface area (TPSA) is 63.5 Å². The van der Waals surface area contributed by atoms with Crippen molar-refractivity contribution in [1.82, 2.24) is 19.4 Å². The molecule has 0 radical (unpaired) electrons. The molecule has 0 bridgehead atoms. The van der Waals surface area contributed by atoms with Crippen molar-refractivity contribution in [1.29, 1.82) is 0 Å². The van der Waals surface area contributed by atoms with Crippen LogP contribution in [0.25, 0.3) is 27.8 Å². The Morgan fingerprint density at radius 3 is 2.16 bits per heavy atom. The molecule has 3 aromatic carbocycles. The van der Waals surface area contributed by atoms with Crippen molar-refractivity contribution >= 4 is 22.8 Å². The molecule has 5 aromatic rings. The minimum atomic E-state index is 0.0729. The standard InChI is InChI=1S/C30H27N5O2/c1-37-25-14-12-24(13-15-25)35-20-26(22-8-4-2-5-9-22)27-28(31-21-32-29(27)35)33-16-18-34(19-17-33)30(36)23-10-6-3-7-11-23/h2-15,20-21H,16-19H2,1H3. The van der Waals surface area contributed by atoms with Gasteiger partial charge in [0.05, 0.1) is 12.5 Å². The number of carbonyl (C=O) groups excluding carboxylic acids is 1. The second-order valence-corrected chi connectivity index (χ2v) is 9.02. The van der Waals surface area contributed by atoms with Crippen LogP contribution >= 0.6 is 0 Å². The molecule has 1 aliphatic heterocycles. The molecule has 184 valence electrons. The van der Waals surface area contributed by atoms with E-state index in [1.807, 2.05) is 77.7 Å². The zero-order valence-corrected chi connectivity index (χ0v) is 20.6. The van der Waals surface area contributed by atoms with E-state index in [2.05, 4.69) is 27.8 Å². The summed E-state index contributed by atoms with van der Waals surface area (Å²) in [6.45, 7) is 2.68. The summed E-state index contributed by atoms with van der Waals surface area (Å²) in [5.74, 6) is 1.77. The Balaban J connectivity index is 1.38. The number of fused-ring (bicyclic) bond motifs is 1. The van der Waals surface area contributed by atoms with E-state index in [0.717, 1.165) is 45.0 Å². The molecular formula is C30H27N5O2. The monoisotopic (exact) mass is 489 g/mol. The summed E-state index contributed by atoms with van der Waals surface area (Å²) in [5, 5.41) is 1.01. The van der Waals surface area contributed by atoms with E-state index in [1.54, 1.807) is 13.4 Å². The van der Waals surface area contributed by atoms with Crippen LogP contribution in [-0.2, 0) is 0 Å². The van der Waals surface area contributed by atoms with Gasteiger partial charge in [0.1, 0.15) is 17.9 Å². The molecule has 7 heteroatoms. The van der Waals surface area contributed by atoms with Crippen molar-refractivity contribution < 1.29 is 9.53 Å². The fourth-order valence-electron chi connectivity index (χ4n) is 4.95. The van der Waals surface area contributed by atoms with Gasteiger partial charge in [-0.3, -0.25) is 4.79 Å². The lowest BCUT2D eigenvalue weighted by molar-refractivity contribution is 0.0746. The first-order valence-corrected chi connectivity index (χ1v) is 12.4. The van der Waals surface area contributed by atoms with Crippen LogP contribution in [0, 0.1) is 0 Å². The Labute approximate surface area is 215 Å². The van der Waals surface area contributed by atoms with Crippen molar-refractivity contribution in [3.8, 4) is 22.6 Å². The summed E-state index contributed by atoms with van der Waals surface area (Å²) < 4.78 is 7.46. The quantitative estimate of drug-likeness (QED) is 0.345. The normalized spacial score (nSPS) is 13.6. The Kier molecular flexibility index (Phi) is 6.02. The highest BCUT2D eigenvalue weighted by Crippen LogP contribution is 2.37. The molecule has 6 rings (SSSR count). The van der Waals surface area contributed by atoms with Crippen LogP contribution in [0.5, 0.6) is 5.75 Å². The molecule has 0 atom stereocenters. The Morgan fingerprint density at radius 1 is 0.811 bits per heavy atom. The van der Waals surface area contributed by atoms with E-state index in [9.17, 15) is 4.79 Å². The molecule has 3 heterocycles. The summed E-state index contributed by atoms with van der Waals surface area (Å²) in [7, 11) is 1.67. The average Bonchev–Trinajstić information content (AvgIpc) is 3.38. The lowest BCUT2D eigenvalue weighted by Crippen LogP contribution is -2.49. The van der Waals surface area contributed by atoms with E-state index >= 15 is 0 Å². The van der Waals surface area contributed by atoms with E-state index in [-0.39, 0.29) is 5.91 Å². The van der Waals surface area contributed by atoms with E-state index in [0.29, 0.717) is 26.2 Å². The maximum Gasteiger partial charge on any atom is 0.253 e. The molecule has 1 amide bonds. The van der Waals surface area contributed by atoms with Crippen LogP contribution in [0.4, 0.5) is 5.82 Å². The highest BCUT2D eigenvalue weighted by atomic mass is 16.5. The third-order valence-electron chi connectivity index (χ3n) is 6.89. The van der Waals surface area contributed by atoms with E-state index in [4.69, 9.17) is 14.7 Å². The van der Waals surface area contributed by atoms with Gasteiger partial charge in [-0.1, -0.05) is 48.5 Å². The Morgan fingerprint density at radius 2 is 1.49 bits per heavy atom. The summed E-state index contributed by atoms with van der Waals surface area (Å²) in [5.41, 5.74) is 4.74. The molecule has 1 saturated heterocycles. The zero-order valence-electron chi connectivity index (χ0n) is 20.6. The minimum Gasteiger partial charge on any atom is -0.497 e. The molecule has 0 N–H and O–H groups in total. The van der Waals surface area contributed by atoms with Crippen molar-refractivity contribution in [2.45, 2.75) is 0 Å². The number of methoxy groups -OCH3 is 1. The van der Waals surface area contributed by atoms with Crippen LogP contribution in [0.2, 0.25) is 0 Å². The SMILES string of the molecule is COc1ccc(-n2cc(-c3ccccc3)c3c(N4CCN(C(=O)c5ccccc5)CC4)ncnc32)cc1. The smallest absolute Gasteiger partial charge is 0.253 e. The molecule has 2 aromatic heterocycles. The summed E-state index contributed by atoms with van der Waals surface area (Å²) in [6.07, 6.45) is 3.77. The fraction of sp³-hybridized carbons (Fsp3) is 0.167. The van der Waals surface area contributed by atoms with Gasteiger partial charge in [0.25, 0.3) is 5.91 Å². The van der Waals surface area contributed by atoms with Gasteiger partial charge in [-0.05, 0) is 42.0 Å². The van der Waals surface area contributed by atoms with Gasteiger partial charge in [0.2, 0.25) is 0 Å². The summed E-state index contributed by atoms with van der Waals surface area (Å²) in [4.78, 5) is 26.6. The van der Waals surface area contributed by atoms with Crippen molar-refractivity contribution in [3.63, 3.8) is 0 Å². The van der Waals surface area contributed by atoms with Gasteiger partial charge in [-0.15, -0.1) is 0 Å². The molecule has 37 heavy (non-hydrogen) atoms. The molecule has 0 saturated carbocycles. The number of ether oxygens (including phenoxy) is 1. The average molecular weight is 490 g/mol. The van der Waals surface area contributed by atoms with Crippen molar-refractivity contribution in [2.24, 2.45) is 0 Å². The van der Waals surface area contributed by atoms with Crippen LogP contribution in [0.1, 0.15) is 10.4 Å². The largest absolute Gasteiger partial charge is 0.497 e. The summed E-state index contributed by atoms with van der Waals surface area (Å²) >= 11 is 0. The summed E-state index contributed by atoms with van der Waals surface area (Å²) in [6, 6.07) is 27.8. The second-order valence-electron chi connectivity index (χ2n) is 9.02. The maximum atomic E-state index is 13.0. The molecule has 0 aliphatic carbocycles. The van der Waals surface area contributed by atoms with E-state index < -0.39 is 0 Å². The number of hydrogen-bond acceptors (Lipinski definition) is 5. The Bertz CT molecular complexity index is 1520. The van der Waals surface area contributed by atoms with Gasteiger partial charge < -0.3 is 19.1 Å². The minimum absolute atomic E-state index is 0.0729. The fourth-order valence-corrected chi connectivity index (χ4v) is 4.95. The Hall–Kier alpha value is -4.65. The van der Waals surface area contributed by atoms with Crippen LogP contribution in [-0.4, -0.2) is 58.6 Å². The first-order valence-electron chi connectivity index (χ1n) is 12.4. The zero-order chi connectivity index (χ0) is 25.2. The lowest BCUT2D eigenvalue weighted by Gasteiger charge is -2.35. The number of anilines is 1. The molecule has 7 nitrogen and oxygen atoms in total. The molecule has 1 fully saturated rings. The predicted octanol–water partition coefficient (Wildman–Crippen LogP) is 5.06. The number of aromatic nitrogens is 3. The third-order valence-corrected chi connectivity index (χ3v) is 6.89. The number of hydrogen-bond donors (Lipinski definition) is 0.